The van der Waals surface area contributed by atoms with Crippen LogP contribution in [0.5, 0.6) is 5.75 Å². The van der Waals surface area contributed by atoms with Crippen molar-refractivity contribution >= 4 is 33.4 Å². The fraction of sp³-hybridized carbons (Fsp3) is 0.407. The van der Waals surface area contributed by atoms with Crippen LogP contribution in [0, 0.1) is 12.7 Å². The topological polar surface area (TPSA) is 150 Å². The van der Waals surface area contributed by atoms with Gasteiger partial charge in [0.15, 0.2) is 0 Å². The molecule has 4 rings (SSSR count). The first-order valence-corrected chi connectivity index (χ1v) is 13.5. The zero-order chi connectivity index (χ0) is 30.6. The summed E-state index contributed by atoms with van der Waals surface area (Å²) in [5, 5.41) is 19.5. The molecule has 1 amide bonds. The molecular formula is C27H33FN6O6S. The van der Waals surface area contributed by atoms with Gasteiger partial charge in [-0.15, -0.1) is 4.80 Å². The molecule has 220 valence electrons. The maximum absolute atomic E-state index is 14.0. The van der Waals surface area contributed by atoms with E-state index >= 15 is 0 Å². The molecule has 0 fully saturated rings. The molecule has 0 atom stereocenters. The van der Waals surface area contributed by atoms with Gasteiger partial charge in [-0.25, -0.2) is 13.8 Å². The van der Waals surface area contributed by atoms with Gasteiger partial charge in [0, 0.05) is 25.1 Å². The van der Waals surface area contributed by atoms with Crippen LogP contribution in [0.25, 0.3) is 15.2 Å². The van der Waals surface area contributed by atoms with Gasteiger partial charge in [-0.05, 0) is 64.8 Å². The number of methoxy groups -OCH3 is 1. The van der Waals surface area contributed by atoms with Gasteiger partial charge < -0.3 is 15.2 Å². The molecule has 0 bridgehead atoms. The van der Waals surface area contributed by atoms with Crippen molar-refractivity contribution < 1.29 is 23.8 Å². The summed E-state index contributed by atoms with van der Waals surface area (Å²) in [7, 11) is 1.49. The number of nitrogens with one attached hydrogen (secondary N) is 1. The van der Waals surface area contributed by atoms with Crippen molar-refractivity contribution in [3.63, 3.8) is 0 Å². The zero-order valence-electron chi connectivity index (χ0n) is 23.9. The van der Waals surface area contributed by atoms with Gasteiger partial charge in [-0.1, -0.05) is 11.3 Å². The van der Waals surface area contributed by atoms with Crippen molar-refractivity contribution in [1.29, 1.82) is 0 Å². The lowest BCUT2D eigenvalue weighted by Gasteiger charge is -2.27. The number of halogens is 1. The van der Waals surface area contributed by atoms with Gasteiger partial charge >= 0.3 is 5.69 Å². The maximum atomic E-state index is 14.0. The van der Waals surface area contributed by atoms with Crippen LogP contribution < -0.4 is 21.3 Å². The molecule has 1 aromatic carbocycles. The van der Waals surface area contributed by atoms with Crippen LogP contribution in [0.4, 0.5) is 4.39 Å². The Bertz CT molecular complexity index is 1680. The molecule has 2 N–H and O–H groups in total. The third-order valence-electron chi connectivity index (χ3n) is 6.17. The van der Waals surface area contributed by atoms with Crippen molar-refractivity contribution in [3.05, 3.63) is 68.4 Å². The smallest absolute Gasteiger partial charge is 0.333 e. The minimum absolute atomic E-state index is 0.114. The molecular weight excluding hydrogens is 555 g/mol. The molecule has 0 aliphatic rings. The molecule has 0 radical (unpaired) electrons. The Morgan fingerprint density at radius 3 is 2.37 bits per heavy atom. The predicted molar refractivity (Wildman–Crippen MR) is 153 cm³/mol. The number of nitrogens with zero attached hydrogens (tertiary/aromatic N) is 5. The Kier molecular flexibility index (Phi) is 9.48. The normalized spacial score (nSPS) is 11.3. The van der Waals surface area contributed by atoms with Crippen LogP contribution in [-0.4, -0.2) is 54.3 Å². The van der Waals surface area contributed by atoms with E-state index in [9.17, 15) is 18.8 Å². The number of carboxylic acids is 1. The lowest BCUT2D eigenvalue weighted by Crippen LogP contribution is -2.56. The number of carbonyl (C=O) groups excluding carboxylic acids is 1. The molecule has 4 aromatic rings. The number of ether oxygens (including phenoxy) is 1. The second kappa shape index (κ2) is 12.5. The molecule has 0 aliphatic carbocycles. The molecule has 0 aliphatic heterocycles. The van der Waals surface area contributed by atoms with E-state index in [0.717, 1.165) is 11.5 Å². The highest BCUT2D eigenvalue weighted by atomic mass is 32.1. The first kappa shape index (κ1) is 31.2. The summed E-state index contributed by atoms with van der Waals surface area (Å²) in [6, 6.07) is 4.00. The summed E-state index contributed by atoms with van der Waals surface area (Å²) in [6.07, 6.45) is 3.29. The van der Waals surface area contributed by atoms with Crippen LogP contribution >= 0.6 is 11.3 Å². The van der Waals surface area contributed by atoms with Crippen LogP contribution in [0.1, 0.15) is 45.7 Å². The average Bonchev–Trinajstić information content (AvgIpc) is 3.51. The molecule has 41 heavy (non-hydrogen) atoms. The lowest BCUT2D eigenvalue weighted by molar-refractivity contribution is -0.134. The summed E-state index contributed by atoms with van der Waals surface area (Å²) in [6.45, 7) is 9.64. The third-order valence-corrected chi connectivity index (χ3v) is 7.45. The highest BCUT2D eigenvalue weighted by Gasteiger charge is 2.35. The number of aliphatic carboxylic acids is 1. The third kappa shape index (κ3) is 6.53. The van der Waals surface area contributed by atoms with E-state index in [4.69, 9.17) is 14.6 Å². The quantitative estimate of drug-likeness (QED) is 0.319. The summed E-state index contributed by atoms with van der Waals surface area (Å²) in [4.78, 5) is 51.6. The number of hydrogen-bond donors (Lipinski definition) is 2. The van der Waals surface area contributed by atoms with Crippen molar-refractivity contribution in [3.8, 4) is 10.8 Å². The number of carbonyl (C=O) groups is 2. The predicted octanol–water partition coefficient (Wildman–Crippen LogP) is 2.85. The molecule has 14 heteroatoms. The van der Waals surface area contributed by atoms with Crippen molar-refractivity contribution in [2.24, 2.45) is 0 Å². The lowest BCUT2D eigenvalue weighted by atomic mass is 10.0. The maximum Gasteiger partial charge on any atom is 0.333 e. The minimum atomic E-state index is -1.48. The summed E-state index contributed by atoms with van der Waals surface area (Å²) in [5.41, 5.74) is -1.54. The number of fused-ring (bicyclic) bond motifs is 1. The van der Waals surface area contributed by atoms with Crippen LogP contribution in [0.15, 0.2) is 40.2 Å². The van der Waals surface area contributed by atoms with Crippen molar-refractivity contribution in [2.45, 2.75) is 66.1 Å². The number of aryl methyl sites for hydroxylation is 3. The number of rotatable bonds is 8. The van der Waals surface area contributed by atoms with Gasteiger partial charge in [0.2, 0.25) is 5.91 Å². The van der Waals surface area contributed by atoms with Gasteiger partial charge in [0.05, 0.1) is 24.9 Å². The van der Waals surface area contributed by atoms with Crippen molar-refractivity contribution in [2.75, 3.05) is 7.11 Å². The van der Waals surface area contributed by atoms with E-state index in [2.05, 4.69) is 15.5 Å². The molecule has 3 aromatic heterocycles. The number of amides is 1. The van der Waals surface area contributed by atoms with Gasteiger partial charge in [0.1, 0.15) is 26.9 Å². The number of carboxylic acid groups (broad SMARTS) is 1. The number of benzene rings is 1. The molecule has 12 nitrogen and oxygen atoms in total. The second-order valence-electron chi connectivity index (χ2n) is 10.0. The Labute approximate surface area is 239 Å². The summed E-state index contributed by atoms with van der Waals surface area (Å²) >= 11 is 1.20. The van der Waals surface area contributed by atoms with Crippen molar-refractivity contribution in [1.82, 2.24) is 29.4 Å². The zero-order valence-corrected chi connectivity index (χ0v) is 24.7. The van der Waals surface area contributed by atoms with Crippen LogP contribution in [-0.2, 0) is 28.1 Å². The van der Waals surface area contributed by atoms with E-state index in [1.165, 1.54) is 72.3 Å². The Balaban J connectivity index is 0.00000108. The standard InChI is InChI=1S/C25H29FN6O4S.C2H4O2/c1-14(2)29-23(34)25(4,5)31-20(33)19-15(3)21(32-27-10-11-28-32)37-22(19)30(24(31)35)12-9-16-13-17(26)7-8-18(16)36-6;1-2(3)4/h7-8,10-11,13-14H,9,12H2,1-6H3,(H,29,34);1H3,(H,3,4). The van der Waals surface area contributed by atoms with E-state index in [1.807, 2.05) is 0 Å². The Morgan fingerprint density at radius 1 is 1.20 bits per heavy atom. The van der Waals surface area contributed by atoms with E-state index < -0.39 is 34.5 Å². The van der Waals surface area contributed by atoms with Gasteiger partial charge in [-0.3, -0.25) is 19.0 Å². The van der Waals surface area contributed by atoms with Gasteiger partial charge in [0.25, 0.3) is 11.5 Å². The first-order valence-electron chi connectivity index (χ1n) is 12.7. The molecule has 0 unspecified atom stereocenters. The number of hydrogen-bond acceptors (Lipinski definition) is 8. The molecule has 3 heterocycles. The molecule has 0 saturated heterocycles. The number of aromatic nitrogens is 5. The fourth-order valence-corrected chi connectivity index (χ4v) is 5.49. The SMILES string of the molecule is CC(=O)O.COc1ccc(F)cc1CCn1c(=O)n(C(C)(C)C(=O)NC(C)C)c(=O)c2c(C)c(-n3nccn3)sc21. The highest BCUT2D eigenvalue weighted by molar-refractivity contribution is 7.21. The molecule has 0 spiro atoms. The summed E-state index contributed by atoms with van der Waals surface area (Å²) in [5.74, 6) is -1.23. The monoisotopic (exact) mass is 588 g/mol. The molecule has 0 saturated carbocycles. The van der Waals surface area contributed by atoms with E-state index in [-0.39, 0.29) is 19.0 Å². The van der Waals surface area contributed by atoms with Crippen LogP contribution in [0.2, 0.25) is 0 Å². The number of thiophene rings is 1. The Morgan fingerprint density at radius 2 is 1.80 bits per heavy atom. The fourth-order valence-electron chi connectivity index (χ4n) is 4.25. The van der Waals surface area contributed by atoms with E-state index in [0.29, 0.717) is 32.1 Å². The van der Waals surface area contributed by atoms with E-state index in [1.54, 1.807) is 20.8 Å². The first-order chi connectivity index (χ1) is 19.2. The van der Waals surface area contributed by atoms with Gasteiger partial charge in [-0.2, -0.15) is 10.2 Å². The second-order valence-corrected chi connectivity index (χ2v) is 11.0. The summed E-state index contributed by atoms with van der Waals surface area (Å²) < 4.78 is 21.8. The van der Waals surface area contributed by atoms with Crippen LogP contribution in [0.3, 0.4) is 0 Å². The minimum Gasteiger partial charge on any atom is -0.496 e. The highest BCUT2D eigenvalue weighted by Crippen LogP contribution is 2.31. The Hall–Kier alpha value is -4.33. The average molecular weight is 589 g/mol. The largest absolute Gasteiger partial charge is 0.496 e.